The van der Waals surface area contributed by atoms with E-state index in [9.17, 15) is 5.53 Å². The van der Waals surface area contributed by atoms with Gasteiger partial charge in [0.15, 0.2) is 0 Å². The Morgan fingerprint density at radius 3 is 1.59 bits per heavy atom. The summed E-state index contributed by atoms with van der Waals surface area (Å²) < 4.78 is 0. The molecule has 0 saturated heterocycles. The molecule has 0 aromatic heterocycles. The van der Waals surface area contributed by atoms with E-state index in [1.54, 1.807) is 0 Å². The topological polar surface area (TPSA) is 36.4 Å². The molecule has 0 bridgehead atoms. The molecule has 304 valence electrons. The number of nitrogens with zero attached hydrogens (tertiary/aromatic N) is 2. The second-order valence-corrected chi connectivity index (χ2v) is 14.8. The molecule has 0 fully saturated rings. The number of unbranched alkanes of at least 4 members (excludes halogenated alkanes) is 18. The summed E-state index contributed by atoms with van der Waals surface area (Å²) in [6, 6.07) is 18.2. The van der Waals surface area contributed by atoms with Gasteiger partial charge in [-0.05, 0) is 84.8 Å². The summed E-state index contributed by atoms with van der Waals surface area (Å²) in [5.74, 6) is 10.0. The third-order valence-electron chi connectivity index (χ3n) is 10.3. The molecule has 0 atom stereocenters. The summed E-state index contributed by atoms with van der Waals surface area (Å²) >= 11 is 0. The zero-order valence-electron chi connectivity index (χ0n) is 35.9. The van der Waals surface area contributed by atoms with E-state index < -0.39 is 0 Å². The van der Waals surface area contributed by atoms with Crippen molar-refractivity contribution in [1.29, 1.82) is 0 Å². The van der Waals surface area contributed by atoms with Crippen LogP contribution in [0.1, 0.15) is 210 Å². The fourth-order valence-electron chi connectivity index (χ4n) is 7.12. The molecule has 0 heterocycles. The van der Waals surface area contributed by atoms with E-state index in [4.69, 9.17) is 0 Å². The average molecular weight is 780 g/mol. The maximum atomic E-state index is 9.69. The van der Waals surface area contributed by atoms with Crippen LogP contribution in [0, 0.1) is 26.7 Å². The zero-order chi connectivity index (χ0) is 36.6. The molecule has 54 heavy (non-hydrogen) atoms. The van der Waals surface area contributed by atoms with Crippen LogP contribution in [0.5, 0.6) is 0 Å². The molecule has 0 spiro atoms. The van der Waals surface area contributed by atoms with Crippen LogP contribution in [0.4, 0.5) is 0 Å². The molecule has 0 aliphatic heterocycles. The fraction of sp³-hybridized carbons (Fsp3) is 0.608. The van der Waals surface area contributed by atoms with Crippen molar-refractivity contribution >= 4 is 11.4 Å². The number of aryl methyl sites for hydroxylation is 2. The Morgan fingerprint density at radius 2 is 1.04 bits per heavy atom. The Bertz CT molecular complexity index is 1360. The van der Waals surface area contributed by atoms with E-state index >= 15 is 0 Å². The molecule has 2 aromatic rings. The maximum Gasteiger partial charge on any atom is 2.00 e. The Kier molecular flexibility index (Phi) is 37.0. The molecular formula is C51H80N2Ni. The average Bonchev–Trinajstić information content (AvgIpc) is 3.16. The molecule has 0 unspecified atom stereocenters. The van der Waals surface area contributed by atoms with Crippen LogP contribution in [0.3, 0.4) is 0 Å². The van der Waals surface area contributed by atoms with Crippen molar-refractivity contribution in [3.05, 3.63) is 102 Å². The molecule has 2 nitrogen and oxygen atoms in total. The van der Waals surface area contributed by atoms with Gasteiger partial charge < -0.3 is 20.4 Å². The van der Waals surface area contributed by atoms with Gasteiger partial charge in [0.2, 0.25) is 0 Å². The molecule has 0 radical (unpaired) electrons. The van der Waals surface area contributed by atoms with Gasteiger partial charge in [-0.3, -0.25) is 0 Å². The fourth-order valence-corrected chi connectivity index (χ4v) is 7.12. The van der Waals surface area contributed by atoms with Crippen LogP contribution in [0.2, 0.25) is 0 Å². The van der Waals surface area contributed by atoms with Crippen molar-refractivity contribution in [3.8, 4) is 11.8 Å². The Labute approximate surface area is 346 Å². The molecule has 2 aromatic carbocycles. The van der Waals surface area contributed by atoms with Gasteiger partial charge >= 0.3 is 22.4 Å². The predicted molar refractivity (Wildman–Crippen MR) is 237 cm³/mol. The van der Waals surface area contributed by atoms with Crippen molar-refractivity contribution in [3.63, 3.8) is 0 Å². The van der Waals surface area contributed by atoms with Crippen LogP contribution in [0.15, 0.2) is 59.7 Å². The van der Waals surface area contributed by atoms with Crippen LogP contribution < -0.4 is 0 Å². The van der Waals surface area contributed by atoms with E-state index in [2.05, 4.69) is 98.7 Å². The van der Waals surface area contributed by atoms with Gasteiger partial charge in [0.25, 0.3) is 0 Å². The van der Waals surface area contributed by atoms with Gasteiger partial charge in [0.05, 0.1) is 5.57 Å². The third-order valence-corrected chi connectivity index (χ3v) is 10.3. The van der Waals surface area contributed by atoms with Gasteiger partial charge in [-0.15, -0.1) is 16.6 Å². The van der Waals surface area contributed by atoms with Crippen LogP contribution >= 0.6 is 0 Å². The normalized spacial score (nSPS) is 10.7. The molecule has 0 N–H and O–H groups in total. The smallest absolute Gasteiger partial charge is 0.358 e. The van der Waals surface area contributed by atoms with Crippen LogP contribution in [0.25, 0.3) is 11.1 Å². The van der Waals surface area contributed by atoms with Crippen molar-refractivity contribution in [2.45, 2.75) is 201 Å². The number of hydrogen-bond donors (Lipinski definition) is 0. The Balaban J connectivity index is 0. The van der Waals surface area contributed by atoms with Gasteiger partial charge in [-0.2, -0.15) is 0 Å². The summed E-state index contributed by atoms with van der Waals surface area (Å²) in [6.07, 6.45) is 33.5. The van der Waals surface area contributed by atoms with E-state index in [1.807, 2.05) is 0 Å². The third kappa shape index (κ3) is 23.3. The van der Waals surface area contributed by atoms with Gasteiger partial charge in [-0.25, -0.2) is 0 Å². The van der Waals surface area contributed by atoms with E-state index in [1.165, 1.54) is 143 Å². The molecule has 0 aliphatic rings. The summed E-state index contributed by atoms with van der Waals surface area (Å²) in [4.78, 5) is 3.45. The van der Waals surface area contributed by atoms with Gasteiger partial charge in [0, 0.05) is 12.8 Å². The minimum absolute atomic E-state index is 0. The first-order valence-electron chi connectivity index (χ1n) is 21.5. The summed E-state index contributed by atoms with van der Waals surface area (Å²) in [5, 5.41) is 0. The molecule has 3 heteroatoms. The molecular weight excluding hydrogens is 699 g/mol. The van der Waals surface area contributed by atoms with E-state index in [-0.39, 0.29) is 31.3 Å². The number of benzene rings is 2. The van der Waals surface area contributed by atoms with Crippen molar-refractivity contribution in [2.24, 2.45) is 0 Å². The van der Waals surface area contributed by atoms with Crippen molar-refractivity contribution in [1.82, 2.24) is 0 Å². The van der Waals surface area contributed by atoms with Crippen molar-refractivity contribution < 1.29 is 21.3 Å². The number of rotatable bonds is 29. The van der Waals surface area contributed by atoms with Crippen molar-refractivity contribution in [2.75, 3.05) is 0 Å². The maximum absolute atomic E-state index is 9.69. The zero-order valence-corrected chi connectivity index (χ0v) is 36.9. The summed E-state index contributed by atoms with van der Waals surface area (Å²) in [7, 11) is 0. The first kappa shape index (κ1) is 53.5. The minimum atomic E-state index is 0. The second kappa shape index (κ2) is 37.3. The minimum Gasteiger partial charge on any atom is -0.358 e. The Hall–Kier alpha value is -2.61. The molecule has 2 rings (SSSR count). The molecule has 0 saturated carbocycles. The molecule has 0 aliphatic carbocycles. The van der Waals surface area contributed by atoms with E-state index in [0.29, 0.717) is 0 Å². The second-order valence-electron chi connectivity index (χ2n) is 14.8. The quantitative estimate of drug-likeness (QED) is 0.0115. The predicted octanol–water partition coefficient (Wildman–Crippen LogP) is 16.1. The monoisotopic (exact) mass is 779 g/mol. The summed E-state index contributed by atoms with van der Waals surface area (Å²) in [6.45, 7) is 9.02. The SMILES string of the molecule is CCCCCCCCCCCCCCCCCC#CCCc1ccccc1C(=C(CCCC)C(=C=[N+]=[N-])CCCC)c1ccc(CCCC)cc1.[CH3-].[CH3-].[Ni+2]. The van der Waals surface area contributed by atoms with Crippen LogP contribution in [-0.2, 0) is 29.3 Å². The Morgan fingerprint density at radius 1 is 0.537 bits per heavy atom. The van der Waals surface area contributed by atoms with Gasteiger partial charge in [0.1, 0.15) is 0 Å². The molecule has 0 amide bonds. The van der Waals surface area contributed by atoms with Gasteiger partial charge in [-0.1, -0.05) is 185 Å². The summed E-state index contributed by atoms with van der Waals surface area (Å²) in [5.41, 5.74) is 18.5. The number of allylic oxidation sites excluding steroid dienone is 2. The van der Waals surface area contributed by atoms with E-state index in [0.717, 1.165) is 69.8 Å². The number of hydrogen-bond acceptors (Lipinski definition) is 0. The van der Waals surface area contributed by atoms with Crippen LogP contribution in [-0.4, -0.2) is 10.7 Å². The first-order valence-corrected chi connectivity index (χ1v) is 21.5. The first-order chi connectivity index (χ1) is 25.2. The largest absolute Gasteiger partial charge is 2.00 e. The standard InChI is InChI=1S/C49H74N2.2CH3.Ni/c1-5-9-13-14-15-16-17-18-19-20-21-22-23-24-25-26-27-28-29-34-44-35-30-31-37-47(44)49(45-40-38-43(39-41-45)32-10-6-2)48(36-12-8-4)46(42-51-50)33-11-7-3;;;/h30-31,35,37-41H,5-26,29,32-34,36H2,1-4H3;2*1H3;/q;2*-1;+2.